The van der Waals surface area contributed by atoms with Gasteiger partial charge in [0, 0.05) is 39.8 Å². The lowest BCUT2D eigenvalue weighted by Gasteiger charge is -2.42. The maximum atomic E-state index is 13.1. The molecule has 2 aliphatic rings. The molecule has 5 nitrogen and oxygen atoms in total. The Morgan fingerprint density at radius 2 is 1.74 bits per heavy atom. The number of carbonyl (C=O) groups excluding carboxylic acids is 1. The third-order valence-electron chi connectivity index (χ3n) is 6.13. The van der Waals surface area contributed by atoms with E-state index in [0.717, 1.165) is 58.7 Å². The molecule has 0 saturated carbocycles. The van der Waals surface area contributed by atoms with Crippen LogP contribution in [0, 0.1) is 0 Å². The van der Waals surface area contributed by atoms with Gasteiger partial charge in [-0.15, -0.1) is 0 Å². The first-order chi connectivity index (χ1) is 13.2. The third-order valence-corrected chi connectivity index (χ3v) is 6.13. The van der Waals surface area contributed by atoms with Crippen molar-refractivity contribution in [1.29, 1.82) is 0 Å². The number of piperidine rings is 1. The van der Waals surface area contributed by atoms with Crippen molar-refractivity contribution in [1.82, 2.24) is 15.1 Å². The Morgan fingerprint density at radius 1 is 1.04 bits per heavy atom. The van der Waals surface area contributed by atoms with Crippen LogP contribution in [0.15, 0.2) is 42.5 Å². The molecule has 0 aromatic heterocycles. The van der Waals surface area contributed by atoms with E-state index in [2.05, 4.69) is 52.7 Å². The Labute approximate surface area is 161 Å². The number of benzene rings is 2. The zero-order chi connectivity index (χ0) is 18.7. The summed E-state index contributed by atoms with van der Waals surface area (Å²) in [5.41, 5.74) is 0.739. The number of amides is 1. The van der Waals surface area contributed by atoms with E-state index in [9.17, 15) is 4.79 Å². The molecule has 2 heterocycles. The Hall–Kier alpha value is -1.95. The molecule has 0 aliphatic carbocycles. The number of rotatable bonds is 4. The molecule has 1 N–H and O–H groups in total. The van der Waals surface area contributed by atoms with Gasteiger partial charge < -0.3 is 15.0 Å². The van der Waals surface area contributed by atoms with Gasteiger partial charge in [0.15, 0.2) is 0 Å². The highest BCUT2D eigenvalue weighted by molar-refractivity contribution is 5.86. The molecule has 27 heavy (non-hydrogen) atoms. The van der Waals surface area contributed by atoms with Crippen LogP contribution in [-0.4, -0.2) is 67.7 Å². The number of fused-ring (bicyclic) bond motifs is 1. The van der Waals surface area contributed by atoms with Gasteiger partial charge in [0.2, 0.25) is 0 Å². The number of methoxy groups -OCH3 is 1. The number of hydrogen-bond donors (Lipinski definition) is 1. The van der Waals surface area contributed by atoms with Crippen LogP contribution in [0.1, 0.15) is 18.4 Å². The minimum absolute atomic E-state index is 0.177. The van der Waals surface area contributed by atoms with Crippen LogP contribution in [0.4, 0.5) is 0 Å². The van der Waals surface area contributed by atoms with Crippen LogP contribution in [-0.2, 0) is 16.1 Å². The van der Waals surface area contributed by atoms with E-state index in [0.29, 0.717) is 0 Å². The highest BCUT2D eigenvalue weighted by Gasteiger charge is 2.42. The molecule has 4 rings (SSSR count). The topological polar surface area (TPSA) is 44.8 Å². The van der Waals surface area contributed by atoms with Crippen LogP contribution in [0.5, 0.6) is 0 Å². The molecule has 2 saturated heterocycles. The lowest BCUT2D eigenvalue weighted by molar-refractivity contribution is -0.160. The molecule has 2 aromatic rings. The number of nitrogens with zero attached hydrogens (tertiary/aromatic N) is 2. The first-order valence-corrected chi connectivity index (χ1v) is 9.96. The van der Waals surface area contributed by atoms with Gasteiger partial charge >= 0.3 is 0 Å². The van der Waals surface area contributed by atoms with Crippen molar-refractivity contribution in [3.05, 3.63) is 48.0 Å². The summed E-state index contributed by atoms with van der Waals surface area (Å²) in [7, 11) is 1.68. The standard InChI is InChI=1S/C22H29N3O2/c1-27-22(9-11-23-12-10-22)21(26)25-15-13-24(14-16-25)17-19-7-4-6-18-5-2-3-8-20(18)19/h2-8,23H,9-17H2,1H3. The number of nitrogens with one attached hydrogen (secondary N) is 1. The number of carbonyl (C=O) groups is 1. The fourth-order valence-corrected chi connectivity index (χ4v) is 4.40. The van der Waals surface area contributed by atoms with Crippen molar-refractivity contribution in [2.24, 2.45) is 0 Å². The van der Waals surface area contributed by atoms with Gasteiger partial charge in [-0.25, -0.2) is 0 Å². The quantitative estimate of drug-likeness (QED) is 0.900. The maximum absolute atomic E-state index is 13.1. The fraction of sp³-hybridized carbons (Fsp3) is 0.500. The van der Waals surface area contributed by atoms with Crippen LogP contribution in [0.25, 0.3) is 10.8 Å². The summed E-state index contributed by atoms with van der Waals surface area (Å²) in [5, 5.41) is 5.94. The highest BCUT2D eigenvalue weighted by Crippen LogP contribution is 2.26. The van der Waals surface area contributed by atoms with Crippen LogP contribution >= 0.6 is 0 Å². The van der Waals surface area contributed by atoms with E-state index >= 15 is 0 Å². The van der Waals surface area contributed by atoms with Crippen molar-refractivity contribution < 1.29 is 9.53 Å². The zero-order valence-electron chi connectivity index (χ0n) is 16.1. The maximum Gasteiger partial charge on any atom is 0.254 e. The first kappa shape index (κ1) is 18.4. The van der Waals surface area contributed by atoms with Gasteiger partial charge in [-0.05, 0) is 42.3 Å². The van der Waals surface area contributed by atoms with Crippen LogP contribution < -0.4 is 5.32 Å². The zero-order valence-corrected chi connectivity index (χ0v) is 16.1. The molecule has 0 unspecified atom stereocenters. The molecule has 1 amide bonds. The molecule has 0 atom stereocenters. The van der Waals surface area contributed by atoms with Gasteiger partial charge in [0.05, 0.1) is 0 Å². The second-order valence-corrected chi connectivity index (χ2v) is 7.66. The van der Waals surface area contributed by atoms with Crippen LogP contribution in [0.2, 0.25) is 0 Å². The Kier molecular flexibility index (Phi) is 5.43. The number of ether oxygens (including phenoxy) is 1. The van der Waals surface area contributed by atoms with E-state index in [4.69, 9.17) is 4.74 Å². The van der Waals surface area contributed by atoms with E-state index in [1.54, 1.807) is 7.11 Å². The normalized spacial score (nSPS) is 20.7. The van der Waals surface area contributed by atoms with Gasteiger partial charge in [0.25, 0.3) is 5.91 Å². The molecule has 0 bridgehead atoms. The Bertz CT molecular complexity index is 788. The molecule has 0 radical (unpaired) electrons. The van der Waals surface area contributed by atoms with E-state index in [1.807, 2.05) is 4.90 Å². The molecular weight excluding hydrogens is 338 g/mol. The Morgan fingerprint density at radius 3 is 2.48 bits per heavy atom. The van der Waals surface area contributed by atoms with E-state index < -0.39 is 5.60 Å². The van der Waals surface area contributed by atoms with E-state index in [-0.39, 0.29) is 5.91 Å². The second kappa shape index (κ2) is 7.97. The van der Waals surface area contributed by atoms with Crippen molar-refractivity contribution in [2.75, 3.05) is 46.4 Å². The predicted molar refractivity (Wildman–Crippen MR) is 108 cm³/mol. The molecular formula is C22H29N3O2. The van der Waals surface area contributed by atoms with Crippen molar-refractivity contribution in [3.63, 3.8) is 0 Å². The predicted octanol–water partition coefficient (Wildman–Crippen LogP) is 2.25. The molecule has 144 valence electrons. The monoisotopic (exact) mass is 367 g/mol. The van der Waals surface area contributed by atoms with Gasteiger partial charge in [0.1, 0.15) is 5.60 Å². The summed E-state index contributed by atoms with van der Waals surface area (Å²) in [6, 6.07) is 15.1. The summed E-state index contributed by atoms with van der Waals surface area (Å²) in [6.45, 7) is 6.01. The largest absolute Gasteiger partial charge is 0.368 e. The number of hydrogen-bond acceptors (Lipinski definition) is 4. The second-order valence-electron chi connectivity index (χ2n) is 7.66. The SMILES string of the molecule is COC1(C(=O)N2CCN(Cc3cccc4ccccc34)CC2)CCNCC1. The highest BCUT2D eigenvalue weighted by atomic mass is 16.5. The summed E-state index contributed by atoms with van der Waals surface area (Å²) >= 11 is 0. The lowest BCUT2D eigenvalue weighted by atomic mass is 9.90. The van der Waals surface area contributed by atoms with Crippen LogP contribution in [0.3, 0.4) is 0 Å². The summed E-state index contributed by atoms with van der Waals surface area (Å²) in [6.07, 6.45) is 1.52. The molecule has 0 spiro atoms. The van der Waals surface area contributed by atoms with Gasteiger partial charge in [-0.2, -0.15) is 0 Å². The average Bonchev–Trinajstić information content (AvgIpc) is 2.74. The molecule has 5 heteroatoms. The first-order valence-electron chi connectivity index (χ1n) is 9.96. The smallest absolute Gasteiger partial charge is 0.254 e. The minimum Gasteiger partial charge on any atom is -0.368 e. The Balaban J connectivity index is 1.39. The number of piperazine rings is 1. The van der Waals surface area contributed by atoms with Crippen molar-refractivity contribution >= 4 is 16.7 Å². The van der Waals surface area contributed by atoms with Crippen molar-refractivity contribution in [3.8, 4) is 0 Å². The molecule has 2 aromatic carbocycles. The third kappa shape index (κ3) is 3.72. The van der Waals surface area contributed by atoms with Gasteiger partial charge in [-0.3, -0.25) is 9.69 Å². The summed E-state index contributed by atoms with van der Waals surface area (Å²) < 4.78 is 5.72. The van der Waals surface area contributed by atoms with E-state index in [1.165, 1.54) is 16.3 Å². The average molecular weight is 367 g/mol. The minimum atomic E-state index is -0.622. The van der Waals surface area contributed by atoms with Gasteiger partial charge in [-0.1, -0.05) is 42.5 Å². The molecule has 2 aliphatic heterocycles. The fourth-order valence-electron chi connectivity index (χ4n) is 4.40. The summed E-state index contributed by atoms with van der Waals surface area (Å²) in [5.74, 6) is 0.177. The lowest BCUT2D eigenvalue weighted by Crippen LogP contribution is -2.59. The van der Waals surface area contributed by atoms with Crippen molar-refractivity contribution in [2.45, 2.75) is 25.0 Å². The molecule has 2 fully saturated rings. The summed E-state index contributed by atoms with van der Waals surface area (Å²) in [4.78, 5) is 17.6.